The molecule has 3 aromatic rings. The largest absolute Gasteiger partial charge is 0.493 e. The van der Waals surface area contributed by atoms with E-state index in [9.17, 15) is 28.1 Å². The van der Waals surface area contributed by atoms with Crippen LogP contribution in [0.3, 0.4) is 0 Å². The number of rotatable bonds is 9. The molecule has 0 fully saturated rings. The lowest BCUT2D eigenvalue weighted by Gasteiger charge is -2.13. The summed E-state index contributed by atoms with van der Waals surface area (Å²) in [5.74, 6) is 0.0381. The van der Waals surface area contributed by atoms with Crippen molar-refractivity contribution >= 4 is 29.2 Å². The first kappa shape index (κ1) is 25.0. The van der Waals surface area contributed by atoms with Crippen LogP contribution in [0.15, 0.2) is 71.8 Å². The Kier molecular flexibility index (Phi) is 7.87. The van der Waals surface area contributed by atoms with Crippen molar-refractivity contribution in [3.8, 4) is 11.5 Å². The fourth-order valence-corrected chi connectivity index (χ4v) is 2.93. The molecule has 1 amide bonds. The zero-order valence-electron chi connectivity index (χ0n) is 18.2. The summed E-state index contributed by atoms with van der Waals surface area (Å²) >= 11 is 0. The summed E-state index contributed by atoms with van der Waals surface area (Å²) in [6, 6.07) is 15.6. The molecule has 0 saturated heterocycles. The first-order valence-corrected chi connectivity index (χ1v) is 9.98. The average Bonchev–Trinajstić information content (AvgIpc) is 2.83. The van der Waals surface area contributed by atoms with Gasteiger partial charge in [-0.3, -0.25) is 20.3 Å². The first-order valence-electron chi connectivity index (χ1n) is 9.98. The van der Waals surface area contributed by atoms with Gasteiger partial charge in [0.15, 0.2) is 18.1 Å². The van der Waals surface area contributed by atoms with Crippen LogP contribution < -0.4 is 20.2 Å². The minimum atomic E-state index is -4.73. The highest BCUT2D eigenvalue weighted by molar-refractivity contribution is 5.92. The van der Waals surface area contributed by atoms with Crippen molar-refractivity contribution in [2.45, 2.75) is 6.18 Å². The van der Waals surface area contributed by atoms with Gasteiger partial charge in [-0.25, -0.2) is 0 Å². The van der Waals surface area contributed by atoms with Crippen molar-refractivity contribution < 1.29 is 32.4 Å². The van der Waals surface area contributed by atoms with E-state index in [1.54, 1.807) is 48.5 Å². The summed E-state index contributed by atoms with van der Waals surface area (Å²) < 4.78 is 49.5. The fraction of sp³-hybridized carbons (Fsp3) is 0.130. The molecule has 0 radical (unpaired) electrons. The van der Waals surface area contributed by atoms with E-state index in [-0.39, 0.29) is 18.0 Å². The molecule has 0 unspecified atom stereocenters. The van der Waals surface area contributed by atoms with Gasteiger partial charge in [0, 0.05) is 17.3 Å². The number of hydrogen-bond acceptors (Lipinski definition) is 7. The Morgan fingerprint density at radius 3 is 2.51 bits per heavy atom. The number of nitro groups is 1. The molecule has 0 aliphatic heterocycles. The molecule has 0 spiro atoms. The van der Waals surface area contributed by atoms with Gasteiger partial charge in [-0.2, -0.15) is 18.3 Å². The predicted octanol–water partition coefficient (Wildman–Crippen LogP) is 5.09. The number of methoxy groups -OCH3 is 1. The molecule has 3 rings (SSSR count). The van der Waals surface area contributed by atoms with E-state index in [0.717, 1.165) is 6.07 Å². The zero-order valence-corrected chi connectivity index (χ0v) is 18.2. The van der Waals surface area contributed by atoms with Crippen molar-refractivity contribution in [2.75, 3.05) is 24.5 Å². The second kappa shape index (κ2) is 11.0. The number of amides is 1. The van der Waals surface area contributed by atoms with Crippen LogP contribution in [0.1, 0.15) is 11.1 Å². The summed E-state index contributed by atoms with van der Waals surface area (Å²) in [7, 11) is 1.40. The third-order valence-electron chi connectivity index (χ3n) is 4.54. The number of hydrazone groups is 1. The fourth-order valence-electron chi connectivity index (χ4n) is 2.93. The molecule has 0 bridgehead atoms. The normalized spacial score (nSPS) is 11.2. The van der Waals surface area contributed by atoms with E-state index in [1.165, 1.54) is 13.3 Å². The SMILES string of the molecule is COc1cccc(/C=N\Nc2ccc(C(F)(F)F)cc2[N+](=O)[O-])c1OCC(=O)Nc1ccccc1. The van der Waals surface area contributed by atoms with Gasteiger partial charge in [0.2, 0.25) is 0 Å². The molecule has 35 heavy (non-hydrogen) atoms. The molecule has 0 aliphatic carbocycles. The highest BCUT2D eigenvalue weighted by Gasteiger charge is 2.33. The molecular weight excluding hydrogens is 469 g/mol. The number of carbonyl (C=O) groups excluding carboxylic acids is 1. The van der Waals surface area contributed by atoms with Crippen molar-refractivity contribution in [3.63, 3.8) is 0 Å². The summed E-state index contributed by atoms with van der Waals surface area (Å²) in [5, 5.41) is 17.8. The molecule has 0 atom stereocenters. The molecular formula is C23H19F3N4O5. The highest BCUT2D eigenvalue weighted by atomic mass is 19.4. The Morgan fingerprint density at radius 2 is 1.86 bits per heavy atom. The zero-order chi connectivity index (χ0) is 25.4. The van der Waals surface area contributed by atoms with E-state index in [1.807, 2.05) is 0 Å². The summed E-state index contributed by atoms with van der Waals surface area (Å²) in [5.41, 5.74) is 1.11. The predicted molar refractivity (Wildman–Crippen MR) is 123 cm³/mol. The standard InChI is InChI=1S/C23H19F3N4O5/c1-34-20-9-5-6-15(22(20)35-14-21(31)28-17-7-3-2-4-8-17)13-27-29-18-11-10-16(23(24,25)26)12-19(18)30(32)33/h2-13,29H,14H2,1H3,(H,28,31)/b27-13-. The number of alkyl halides is 3. The number of benzene rings is 3. The van der Waals surface area contributed by atoms with Gasteiger partial charge >= 0.3 is 6.18 Å². The minimum Gasteiger partial charge on any atom is -0.493 e. The van der Waals surface area contributed by atoms with Crippen LogP contribution in [0.5, 0.6) is 11.5 Å². The van der Waals surface area contributed by atoms with Crippen LogP contribution in [0.4, 0.5) is 30.2 Å². The molecule has 3 aromatic carbocycles. The van der Waals surface area contributed by atoms with Crippen LogP contribution in [0, 0.1) is 10.1 Å². The maximum Gasteiger partial charge on any atom is 0.416 e. The van der Waals surface area contributed by atoms with Crippen molar-refractivity contribution in [3.05, 3.63) is 88.0 Å². The topological polar surface area (TPSA) is 115 Å². The number of halogens is 3. The van der Waals surface area contributed by atoms with E-state index in [0.29, 0.717) is 29.1 Å². The van der Waals surface area contributed by atoms with Crippen LogP contribution >= 0.6 is 0 Å². The van der Waals surface area contributed by atoms with Crippen LogP contribution in [-0.2, 0) is 11.0 Å². The van der Waals surface area contributed by atoms with Crippen LogP contribution in [0.2, 0.25) is 0 Å². The molecule has 0 saturated carbocycles. The van der Waals surface area contributed by atoms with Gasteiger partial charge in [-0.05, 0) is 36.4 Å². The van der Waals surface area contributed by atoms with Gasteiger partial charge in [0.05, 0.1) is 23.8 Å². The molecule has 0 heterocycles. The van der Waals surface area contributed by atoms with Crippen LogP contribution in [-0.4, -0.2) is 30.8 Å². The third-order valence-corrected chi connectivity index (χ3v) is 4.54. The smallest absolute Gasteiger partial charge is 0.416 e. The van der Waals surface area contributed by atoms with E-state index in [4.69, 9.17) is 9.47 Å². The lowest BCUT2D eigenvalue weighted by atomic mass is 10.1. The Balaban J connectivity index is 1.76. The van der Waals surface area contributed by atoms with E-state index < -0.39 is 28.3 Å². The number of nitrogens with zero attached hydrogens (tertiary/aromatic N) is 2. The highest BCUT2D eigenvalue weighted by Crippen LogP contribution is 2.35. The number of hydrogen-bond donors (Lipinski definition) is 2. The lowest BCUT2D eigenvalue weighted by Crippen LogP contribution is -2.20. The number of nitro benzene ring substituents is 1. The Labute approximate surface area is 197 Å². The van der Waals surface area contributed by atoms with Gasteiger partial charge in [0.25, 0.3) is 11.6 Å². The van der Waals surface area contributed by atoms with Crippen molar-refractivity contribution in [2.24, 2.45) is 5.10 Å². The maximum atomic E-state index is 12.9. The second-order valence-electron chi connectivity index (χ2n) is 6.94. The van der Waals surface area contributed by atoms with Gasteiger partial charge < -0.3 is 14.8 Å². The summed E-state index contributed by atoms with van der Waals surface area (Å²) in [4.78, 5) is 22.5. The molecule has 2 N–H and O–H groups in total. The van der Waals surface area contributed by atoms with Crippen LogP contribution in [0.25, 0.3) is 0 Å². The lowest BCUT2D eigenvalue weighted by molar-refractivity contribution is -0.384. The van der Waals surface area contributed by atoms with Gasteiger partial charge in [-0.1, -0.05) is 24.3 Å². The molecule has 9 nitrogen and oxygen atoms in total. The van der Waals surface area contributed by atoms with E-state index in [2.05, 4.69) is 15.8 Å². The summed E-state index contributed by atoms with van der Waals surface area (Å²) in [6.45, 7) is -0.353. The average molecular weight is 488 g/mol. The van der Waals surface area contributed by atoms with E-state index >= 15 is 0 Å². The number of ether oxygens (including phenoxy) is 2. The maximum absolute atomic E-state index is 12.9. The number of para-hydroxylation sites is 2. The molecule has 0 aromatic heterocycles. The summed E-state index contributed by atoms with van der Waals surface area (Å²) in [6.07, 6.45) is -3.50. The minimum absolute atomic E-state index is 0.172. The molecule has 12 heteroatoms. The number of anilines is 2. The monoisotopic (exact) mass is 488 g/mol. The molecule has 0 aliphatic rings. The van der Waals surface area contributed by atoms with Crippen molar-refractivity contribution in [1.29, 1.82) is 0 Å². The van der Waals surface area contributed by atoms with Crippen molar-refractivity contribution in [1.82, 2.24) is 0 Å². The third kappa shape index (κ3) is 6.69. The molecule has 182 valence electrons. The number of carbonyl (C=O) groups is 1. The Hall–Kier alpha value is -4.61. The Morgan fingerprint density at radius 1 is 1.11 bits per heavy atom. The number of nitrogens with one attached hydrogen (secondary N) is 2. The quantitative estimate of drug-likeness (QED) is 0.246. The Bertz CT molecular complexity index is 1230. The second-order valence-corrected chi connectivity index (χ2v) is 6.94. The van der Waals surface area contributed by atoms with Gasteiger partial charge in [-0.15, -0.1) is 0 Å². The first-order chi connectivity index (χ1) is 16.7. The van der Waals surface area contributed by atoms with Gasteiger partial charge in [0.1, 0.15) is 5.69 Å².